The average Bonchev–Trinajstić information content (AvgIpc) is 1.73. The van der Waals surface area contributed by atoms with Crippen molar-refractivity contribution in [2.75, 3.05) is 0 Å². The molecule has 0 aliphatic carbocycles. The maximum Gasteiger partial charge on any atom is 0.409 e. The van der Waals surface area contributed by atoms with Gasteiger partial charge in [-0.15, -0.1) is 0 Å². The van der Waals surface area contributed by atoms with E-state index >= 15 is 0 Å². The van der Waals surface area contributed by atoms with Crippen LogP contribution in [0.1, 0.15) is 34.1 Å². The monoisotopic (exact) mass is 237 g/mol. The second-order valence-corrected chi connectivity index (χ2v) is 5.23. The summed E-state index contributed by atoms with van der Waals surface area (Å²) in [6, 6.07) is 0. The Balaban J connectivity index is 4.22. The Kier molecular flexibility index (Phi) is 4.40. The summed E-state index contributed by atoms with van der Waals surface area (Å²) in [5, 5.41) is 10.8. The molecule has 0 aliphatic rings. The quantitative estimate of drug-likeness (QED) is 0.581. The van der Waals surface area contributed by atoms with E-state index in [1.165, 1.54) is 6.92 Å². The third-order valence-electron chi connectivity index (χ3n) is 1.24. The molecule has 0 aromatic carbocycles. The summed E-state index contributed by atoms with van der Waals surface area (Å²) in [5.41, 5.74) is -0.639. The molecule has 5 nitrogen and oxygen atoms in total. The first-order valence-corrected chi connectivity index (χ1v) is 4.81. The number of carboxylic acid groups (broad SMARTS) is 1. The van der Waals surface area contributed by atoms with Crippen molar-refractivity contribution in [1.82, 2.24) is 5.32 Å². The number of rotatable bonds is 3. The van der Waals surface area contributed by atoms with E-state index in [1.54, 1.807) is 20.8 Å². The molecule has 0 spiro atoms. The number of halogens is 1. The molecule has 6 heteroatoms. The van der Waals surface area contributed by atoms with Crippen LogP contribution in [-0.4, -0.2) is 27.8 Å². The van der Waals surface area contributed by atoms with Crippen LogP contribution in [0.25, 0.3) is 0 Å². The van der Waals surface area contributed by atoms with E-state index in [1.807, 2.05) is 0 Å². The molecule has 0 aromatic heterocycles. The van der Waals surface area contributed by atoms with Crippen molar-refractivity contribution < 1.29 is 19.4 Å². The molecule has 0 unspecified atom stereocenters. The lowest BCUT2D eigenvalue weighted by atomic mass is 10.2. The highest BCUT2D eigenvalue weighted by molar-refractivity contribution is 6.25. The Morgan fingerprint density at radius 2 is 1.80 bits per heavy atom. The van der Waals surface area contributed by atoms with Gasteiger partial charge < -0.3 is 15.2 Å². The zero-order chi connectivity index (χ0) is 12.3. The van der Waals surface area contributed by atoms with Gasteiger partial charge in [0, 0.05) is 0 Å². The molecule has 0 rings (SSSR count). The molecule has 88 valence electrons. The summed E-state index contributed by atoms with van der Waals surface area (Å²) in [5.74, 6) is -1.09. The molecule has 0 saturated heterocycles. The zero-order valence-corrected chi connectivity index (χ0v) is 10.0. The fourth-order valence-electron chi connectivity index (χ4n) is 0.845. The number of alkyl carbamates (subject to hydrolysis) is 1. The topological polar surface area (TPSA) is 75.6 Å². The van der Waals surface area contributed by atoms with E-state index in [9.17, 15) is 9.59 Å². The van der Waals surface area contributed by atoms with E-state index in [2.05, 4.69) is 5.32 Å². The van der Waals surface area contributed by atoms with Gasteiger partial charge in [-0.25, -0.2) is 4.79 Å². The number of carbonyl (C=O) groups is 2. The summed E-state index contributed by atoms with van der Waals surface area (Å²) in [7, 11) is 0. The van der Waals surface area contributed by atoms with Crippen molar-refractivity contribution >= 4 is 23.7 Å². The molecule has 2 N–H and O–H groups in total. The second-order valence-electron chi connectivity index (χ2n) is 4.39. The minimum atomic E-state index is -1.34. The second kappa shape index (κ2) is 4.70. The van der Waals surface area contributed by atoms with Crippen molar-refractivity contribution in [3.8, 4) is 0 Å². The predicted octanol–water partition coefficient (Wildman–Crippen LogP) is 1.94. The van der Waals surface area contributed by atoms with Gasteiger partial charge in [0.2, 0.25) is 0 Å². The summed E-state index contributed by atoms with van der Waals surface area (Å²) in [4.78, 5) is 20.3. The maximum atomic E-state index is 11.2. The molecule has 0 bridgehead atoms. The number of hydrogen-bond acceptors (Lipinski definition) is 3. The first kappa shape index (κ1) is 14.0. The predicted molar refractivity (Wildman–Crippen MR) is 55.9 cm³/mol. The van der Waals surface area contributed by atoms with Crippen molar-refractivity contribution in [3.05, 3.63) is 0 Å². The number of alkyl halides is 1. The molecule has 0 heterocycles. The van der Waals surface area contributed by atoms with Gasteiger partial charge in [0.1, 0.15) is 10.6 Å². The molecular weight excluding hydrogens is 222 g/mol. The minimum Gasteiger partial charge on any atom is -0.481 e. The Labute approximate surface area is 93.7 Å². The lowest BCUT2D eigenvalue weighted by Gasteiger charge is -2.25. The normalized spacial score (nSPS) is 15.3. The Morgan fingerprint density at radius 1 is 1.33 bits per heavy atom. The molecule has 0 aliphatic heterocycles. The molecule has 15 heavy (non-hydrogen) atoms. The van der Waals surface area contributed by atoms with E-state index in [4.69, 9.17) is 21.4 Å². The number of carboxylic acids is 1. The third-order valence-corrected chi connectivity index (χ3v) is 1.47. The highest BCUT2D eigenvalue weighted by Crippen LogP contribution is 2.16. The van der Waals surface area contributed by atoms with Gasteiger partial charge in [-0.05, 0) is 27.7 Å². The number of ether oxygens (including phenoxy) is 1. The molecule has 1 atom stereocenters. The van der Waals surface area contributed by atoms with Crippen LogP contribution in [0.15, 0.2) is 0 Å². The molecule has 0 fully saturated rings. The first-order chi connectivity index (χ1) is 6.52. The highest BCUT2D eigenvalue weighted by Gasteiger charge is 2.28. The smallest absolute Gasteiger partial charge is 0.409 e. The summed E-state index contributed by atoms with van der Waals surface area (Å²) < 4.78 is 4.93. The minimum absolute atomic E-state index is 0.381. The number of amides is 1. The molecule has 0 radical (unpaired) electrons. The van der Waals surface area contributed by atoms with Crippen LogP contribution >= 0.6 is 11.6 Å². The van der Waals surface area contributed by atoms with E-state index < -0.39 is 22.7 Å². The van der Waals surface area contributed by atoms with Gasteiger partial charge in [0.05, 0.1) is 6.42 Å². The zero-order valence-electron chi connectivity index (χ0n) is 9.26. The van der Waals surface area contributed by atoms with Crippen LogP contribution < -0.4 is 5.32 Å². The molecule has 0 aromatic rings. The van der Waals surface area contributed by atoms with E-state index in [-0.39, 0.29) is 6.42 Å². The van der Waals surface area contributed by atoms with Gasteiger partial charge in [-0.1, -0.05) is 11.6 Å². The van der Waals surface area contributed by atoms with Crippen molar-refractivity contribution in [2.45, 2.75) is 44.7 Å². The number of nitrogens with one attached hydrogen (secondary N) is 1. The fraction of sp³-hybridized carbons (Fsp3) is 0.778. The van der Waals surface area contributed by atoms with Crippen molar-refractivity contribution in [2.24, 2.45) is 0 Å². The summed E-state index contributed by atoms with van der Waals surface area (Å²) in [6.07, 6.45) is -1.12. The lowest BCUT2D eigenvalue weighted by molar-refractivity contribution is -0.137. The van der Waals surface area contributed by atoms with Gasteiger partial charge in [-0.3, -0.25) is 4.79 Å². The van der Waals surface area contributed by atoms with Crippen molar-refractivity contribution in [1.29, 1.82) is 0 Å². The van der Waals surface area contributed by atoms with Crippen LogP contribution in [0.5, 0.6) is 0 Å². The number of aliphatic carboxylic acids is 1. The van der Waals surface area contributed by atoms with Gasteiger partial charge in [-0.2, -0.15) is 0 Å². The highest BCUT2D eigenvalue weighted by atomic mass is 35.5. The molecular formula is C9H16ClNO4. The fourth-order valence-corrected chi connectivity index (χ4v) is 1.04. The van der Waals surface area contributed by atoms with Crippen molar-refractivity contribution in [3.63, 3.8) is 0 Å². The Morgan fingerprint density at radius 3 is 2.13 bits per heavy atom. The van der Waals surface area contributed by atoms with Crippen LogP contribution in [-0.2, 0) is 9.53 Å². The number of hydrogen-bond donors (Lipinski definition) is 2. The van der Waals surface area contributed by atoms with E-state index in [0.717, 1.165) is 0 Å². The standard InChI is InChI=1S/C9H16ClNO4/c1-8(2,3)15-7(14)11-9(4,10)5-6(12)13/h5H2,1-4H3,(H,11,14)(H,12,13)/t9-/m1/s1. The van der Waals surface area contributed by atoms with Crippen LogP contribution in [0.2, 0.25) is 0 Å². The maximum absolute atomic E-state index is 11.2. The van der Waals surface area contributed by atoms with Gasteiger partial charge >= 0.3 is 12.1 Å². The van der Waals surface area contributed by atoms with Crippen LogP contribution in [0, 0.1) is 0 Å². The van der Waals surface area contributed by atoms with E-state index in [0.29, 0.717) is 0 Å². The Hall–Kier alpha value is -0.970. The van der Waals surface area contributed by atoms with Gasteiger partial charge in [0.25, 0.3) is 0 Å². The average molecular weight is 238 g/mol. The third kappa shape index (κ3) is 8.05. The van der Waals surface area contributed by atoms with Gasteiger partial charge in [0.15, 0.2) is 0 Å². The number of carbonyl (C=O) groups excluding carboxylic acids is 1. The largest absolute Gasteiger partial charge is 0.481 e. The first-order valence-electron chi connectivity index (χ1n) is 4.44. The van der Waals surface area contributed by atoms with Crippen LogP contribution in [0.3, 0.4) is 0 Å². The summed E-state index contributed by atoms with van der Waals surface area (Å²) in [6.45, 7) is 6.51. The Bertz CT molecular complexity index is 257. The SMILES string of the molecule is CC(C)(C)OC(=O)N[C@@](C)(Cl)CC(=O)O. The molecule has 1 amide bonds. The summed E-state index contributed by atoms with van der Waals surface area (Å²) >= 11 is 5.76. The lowest BCUT2D eigenvalue weighted by Crippen LogP contribution is -2.45. The molecule has 0 saturated carbocycles. The van der Waals surface area contributed by atoms with Crippen LogP contribution in [0.4, 0.5) is 4.79 Å².